The molecular weight excluding hydrogens is 634 g/mol. The maximum atomic E-state index is 14.9. The van der Waals surface area contributed by atoms with Gasteiger partial charge in [-0.25, -0.2) is 22.8 Å². The Morgan fingerprint density at radius 2 is 1.53 bits per heavy atom. The summed E-state index contributed by atoms with van der Waals surface area (Å²) in [6, 6.07) is 19.3. The van der Waals surface area contributed by atoms with E-state index in [-0.39, 0.29) is 37.1 Å². The summed E-state index contributed by atoms with van der Waals surface area (Å²) >= 11 is 0. The molecule has 1 unspecified atom stereocenters. The van der Waals surface area contributed by atoms with Crippen LogP contribution in [-0.2, 0) is 21.6 Å². The highest BCUT2D eigenvalue weighted by Gasteiger charge is 2.46. The highest BCUT2D eigenvalue weighted by atomic mass is 19.1. The SMILES string of the molecule is CCC(C)n1ncn(-c2ccc(N3CCN(c4ccc(OC[C@H]5OC[C@](Cn6nccn6)(c6ccc(F)cc6F)O5)cc4)CC3)cc2)c1=O. The summed E-state index contributed by atoms with van der Waals surface area (Å²) in [5, 5.41) is 12.5. The second-order valence-electron chi connectivity index (χ2n) is 12.3. The van der Waals surface area contributed by atoms with Gasteiger partial charge in [0.2, 0.25) is 0 Å². The Bertz CT molecular complexity index is 1910. The van der Waals surface area contributed by atoms with Crippen LogP contribution in [0.15, 0.2) is 90.2 Å². The molecule has 3 atom stereocenters. The van der Waals surface area contributed by atoms with Gasteiger partial charge in [0.15, 0.2) is 6.29 Å². The fraction of sp³-hybridized carbons (Fsp3) is 0.371. The molecule has 14 heteroatoms. The van der Waals surface area contributed by atoms with Gasteiger partial charge in [-0.1, -0.05) is 13.0 Å². The molecule has 5 aromatic rings. The second kappa shape index (κ2) is 13.8. The van der Waals surface area contributed by atoms with E-state index in [4.69, 9.17) is 14.2 Å². The average molecular weight is 673 g/mol. The average Bonchev–Trinajstić information content (AvgIpc) is 3.88. The van der Waals surface area contributed by atoms with Crippen LogP contribution in [0.1, 0.15) is 31.9 Å². The van der Waals surface area contributed by atoms with E-state index in [0.717, 1.165) is 55.7 Å². The minimum atomic E-state index is -1.25. The zero-order valence-electron chi connectivity index (χ0n) is 27.4. The van der Waals surface area contributed by atoms with Crippen molar-refractivity contribution < 1.29 is 23.0 Å². The van der Waals surface area contributed by atoms with Crippen LogP contribution in [-0.4, -0.2) is 75.0 Å². The topological polar surface area (TPSA) is 105 Å². The fourth-order valence-corrected chi connectivity index (χ4v) is 6.28. The molecule has 0 radical (unpaired) electrons. The highest BCUT2D eigenvalue weighted by Crippen LogP contribution is 2.37. The first kappa shape index (κ1) is 32.5. The quantitative estimate of drug-likeness (QED) is 0.200. The summed E-state index contributed by atoms with van der Waals surface area (Å²) in [6.07, 6.45) is 4.67. The second-order valence-corrected chi connectivity index (χ2v) is 12.3. The number of piperazine rings is 1. The zero-order chi connectivity index (χ0) is 34.0. The van der Waals surface area contributed by atoms with Crippen LogP contribution < -0.4 is 20.2 Å². The van der Waals surface area contributed by atoms with Crippen molar-refractivity contribution in [1.29, 1.82) is 0 Å². The molecule has 2 aliphatic heterocycles. The number of ether oxygens (including phenoxy) is 3. The molecule has 7 rings (SSSR count). The Hall–Kier alpha value is -5.08. The fourth-order valence-electron chi connectivity index (χ4n) is 6.28. The van der Waals surface area contributed by atoms with Crippen LogP contribution in [0.5, 0.6) is 5.75 Å². The number of aromatic nitrogens is 6. The molecule has 0 aliphatic carbocycles. The summed E-state index contributed by atoms with van der Waals surface area (Å²) in [4.78, 5) is 18.8. The van der Waals surface area contributed by atoms with E-state index in [1.54, 1.807) is 10.9 Å². The largest absolute Gasteiger partial charge is 0.488 e. The predicted molar refractivity (Wildman–Crippen MR) is 178 cm³/mol. The van der Waals surface area contributed by atoms with Crippen LogP contribution in [0.4, 0.5) is 20.2 Å². The van der Waals surface area contributed by atoms with E-state index < -0.39 is 23.5 Å². The van der Waals surface area contributed by atoms with Crippen molar-refractivity contribution in [2.75, 3.05) is 49.2 Å². The van der Waals surface area contributed by atoms with Gasteiger partial charge >= 0.3 is 5.69 Å². The van der Waals surface area contributed by atoms with E-state index in [1.165, 1.54) is 34.0 Å². The molecule has 2 saturated heterocycles. The first-order valence-corrected chi connectivity index (χ1v) is 16.4. The number of benzene rings is 3. The molecule has 256 valence electrons. The highest BCUT2D eigenvalue weighted by molar-refractivity contribution is 5.54. The van der Waals surface area contributed by atoms with Crippen molar-refractivity contribution >= 4 is 11.4 Å². The van der Waals surface area contributed by atoms with Crippen LogP contribution in [0.25, 0.3) is 5.69 Å². The normalized spacial score (nSPS) is 20.1. The number of nitrogens with zero attached hydrogens (tertiary/aromatic N) is 8. The van der Waals surface area contributed by atoms with E-state index in [2.05, 4.69) is 37.2 Å². The minimum absolute atomic E-state index is 0.0181. The maximum absolute atomic E-state index is 14.9. The summed E-state index contributed by atoms with van der Waals surface area (Å²) in [5.41, 5.74) is 1.77. The van der Waals surface area contributed by atoms with Crippen molar-refractivity contribution in [3.63, 3.8) is 0 Å². The molecule has 0 amide bonds. The lowest BCUT2D eigenvalue weighted by molar-refractivity contribution is -0.117. The molecule has 2 aromatic heterocycles. The van der Waals surface area contributed by atoms with Gasteiger partial charge in [-0.2, -0.15) is 20.1 Å². The first-order chi connectivity index (χ1) is 23.8. The lowest BCUT2D eigenvalue weighted by atomic mass is 9.94. The van der Waals surface area contributed by atoms with Gasteiger partial charge in [-0.05, 0) is 67.9 Å². The standard InChI is InChI=1S/C35H38F2N8O4/c1-3-25(2)45-34(46)43(24-40-45)29-7-5-27(6-8-29)41-16-18-42(19-17-41)28-9-11-30(12-10-28)47-21-33-48-23-35(49-33,22-44-38-14-15-39-44)31-13-4-26(36)20-32(31)37/h4-15,20,24-25,33H,3,16-19,21-23H2,1-2H3/t25?,33-,35+/m0/s1. The Morgan fingerprint density at radius 1 is 0.898 bits per heavy atom. The Labute approximate surface area is 282 Å². The Kier molecular flexibility index (Phi) is 9.15. The lowest BCUT2D eigenvalue weighted by Crippen LogP contribution is -2.46. The summed E-state index contributed by atoms with van der Waals surface area (Å²) in [7, 11) is 0. The molecule has 2 aliphatic rings. The lowest BCUT2D eigenvalue weighted by Gasteiger charge is -2.37. The minimum Gasteiger partial charge on any atom is -0.488 e. The molecule has 49 heavy (non-hydrogen) atoms. The van der Waals surface area contributed by atoms with Gasteiger partial charge in [0, 0.05) is 49.2 Å². The number of hydrogen-bond acceptors (Lipinski definition) is 9. The smallest absolute Gasteiger partial charge is 0.350 e. The molecule has 0 N–H and O–H groups in total. The van der Waals surface area contributed by atoms with E-state index in [1.807, 2.05) is 50.2 Å². The zero-order valence-corrected chi connectivity index (χ0v) is 27.4. The number of rotatable bonds is 11. The summed E-state index contributed by atoms with van der Waals surface area (Å²) in [6.45, 7) is 7.59. The molecule has 0 saturated carbocycles. The third kappa shape index (κ3) is 6.78. The van der Waals surface area contributed by atoms with E-state index in [9.17, 15) is 13.6 Å². The van der Waals surface area contributed by atoms with Crippen molar-refractivity contribution in [3.8, 4) is 11.4 Å². The van der Waals surface area contributed by atoms with Crippen LogP contribution >= 0.6 is 0 Å². The number of anilines is 2. The molecular formula is C35H38F2N8O4. The van der Waals surface area contributed by atoms with Crippen LogP contribution in [0, 0.1) is 11.6 Å². The van der Waals surface area contributed by atoms with Gasteiger partial charge in [0.05, 0.1) is 37.3 Å². The molecule has 12 nitrogen and oxygen atoms in total. The molecule has 2 fully saturated rings. The van der Waals surface area contributed by atoms with E-state index in [0.29, 0.717) is 5.75 Å². The Balaban J connectivity index is 0.925. The predicted octanol–water partition coefficient (Wildman–Crippen LogP) is 4.55. The van der Waals surface area contributed by atoms with Crippen molar-refractivity contribution in [1.82, 2.24) is 29.3 Å². The third-order valence-electron chi connectivity index (χ3n) is 9.21. The van der Waals surface area contributed by atoms with Gasteiger partial charge in [-0.3, -0.25) is 0 Å². The van der Waals surface area contributed by atoms with Crippen molar-refractivity contribution in [2.45, 2.75) is 44.7 Å². The van der Waals surface area contributed by atoms with Gasteiger partial charge in [0.1, 0.15) is 35.9 Å². The number of halogens is 2. The summed E-state index contributed by atoms with van der Waals surface area (Å²) < 4.78 is 49.8. The van der Waals surface area contributed by atoms with E-state index >= 15 is 0 Å². The van der Waals surface area contributed by atoms with Crippen LogP contribution in [0.3, 0.4) is 0 Å². The number of hydrogen-bond donors (Lipinski definition) is 0. The maximum Gasteiger partial charge on any atom is 0.350 e. The van der Waals surface area contributed by atoms with Crippen molar-refractivity contribution in [3.05, 3.63) is 113 Å². The van der Waals surface area contributed by atoms with Gasteiger partial charge in [-0.15, -0.1) is 0 Å². The third-order valence-corrected chi connectivity index (χ3v) is 9.21. The van der Waals surface area contributed by atoms with Crippen molar-refractivity contribution in [2.24, 2.45) is 0 Å². The Morgan fingerprint density at radius 3 is 2.16 bits per heavy atom. The van der Waals surface area contributed by atoms with Crippen LogP contribution in [0.2, 0.25) is 0 Å². The summed E-state index contributed by atoms with van der Waals surface area (Å²) in [5.74, 6) is -0.765. The molecule has 0 spiro atoms. The monoisotopic (exact) mass is 672 g/mol. The van der Waals surface area contributed by atoms with Gasteiger partial charge < -0.3 is 24.0 Å². The molecule has 4 heterocycles. The molecule has 3 aromatic carbocycles. The van der Waals surface area contributed by atoms with Gasteiger partial charge in [0.25, 0.3) is 0 Å². The molecule has 0 bridgehead atoms. The first-order valence-electron chi connectivity index (χ1n) is 16.4.